The molecule has 0 fully saturated rings. The molecule has 1 aromatic carbocycles. The number of benzene rings is 1. The zero-order valence-electron chi connectivity index (χ0n) is 13.8. The Hall–Kier alpha value is -3.42. The number of hydrogen-bond acceptors (Lipinski definition) is 7. The van der Waals surface area contributed by atoms with Gasteiger partial charge >= 0.3 is 0 Å². The number of carbonyl (C=O) groups is 1. The van der Waals surface area contributed by atoms with E-state index in [1.807, 2.05) is 12.1 Å². The minimum atomic E-state index is -0.199. The molecule has 1 aliphatic heterocycles. The largest absolute Gasteiger partial charge is 0.486 e. The van der Waals surface area contributed by atoms with E-state index in [0.717, 1.165) is 0 Å². The highest BCUT2D eigenvalue weighted by atomic mass is 16.6. The van der Waals surface area contributed by atoms with Crippen LogP contribution in [0.5, 0.6) is 11.5 Å². The molecule has 3 aromatic rings. The zero-order valence-corrected chi connectivity index (χ0v) is 13.8. The number of amides is 1. The molecule has 0 aliphatic carbocycles. The van der Waals surface area contributed by atoms with Gasteiger partial charge in [0.1, 0.15) is 18.9 Å². The number of hydrogen-bond donors (Lipinski definition) is 1. The van der Waals surface area contributed by atoms with Crippen molar-refractivity contribution < 1.29 is 18.8 Å². The third kappa shape index (κ3) is 3.49. The molecule has 8 heteroatoms. The van der Waals surface area contributed by atoms with Gasteiger partial charge in [-0.3, -0.25) is 9.78 Å². The number of carbonyl (C=O) groups excluding carboxylic acids is 1. The summed E-state index contributed by atoms with van der Waals surface area (Å²) in [5.41, 5.74) is 1.13. The molecule has 0 saturated heterocycles. The molecule has 8 nitrogen and oxygen atoms in total. The van der Waals surface area contributed by atoms with E-state index in [9.17, 15) is 4.79 Å². The van der Waals surface area contributed by atoms with Gasteiger partial charge in [0.2, 0.25) is 0 Å². The van der Waals surface area contributed by atoms with E-state index in [-0.39, 0.29) is 5.91 Å². The first-order valence-electron chi connectivity index (χ1n) is 8.21. The average Bonchev–Trinajstić information content (AvgIpc) is 3.17. The Balaban J connectivity index is 1.33. The van der Waals surface area contributed by atoms with E-state index in [1.165, 1.54) is 0 Å². The smallest absolute Gasteiger partial charge is 0.276 e. The molecule has 3 heterocycles. The standard InChI is InChI=1S/C18H16N4O4/c23-17(12-4-5-14-15(11-12)25-10-9-24-14)20-8-6-16-21-18(26-22-16)13-3-1-2-7-19-13/h1-5,7,11H,6,8-10H2,(H,20,23). The summed E-state index contributed by atoms with van der Waals surface area (Å²) >= 11 is 0. The molecule has 26 heavy (non-hydrogen) atoms. The predicted octanol–water partition coefficient (Wildman–Crippen LogP) is 1.88. The summed E-state index contributed by atoms with van der Waals surface area (Å²) in [6, 6.07) is 10.6. The van der Waals surface area contributed by atoms with Gasteiger partial charge < -0.3 is 19.3 Å². The maximum absolute atomic E-state index is 12.3. The fourth-order valence-electron chi connectivity index (χ4n) is 2.52. The number of rotatable bonds is 5. The van der Waals surface area contributed by atoms with Crippen LogP contribution in [0.15, 0.2) is 47.1 Å². The summed E-state index contributed by atoms with van der Waals surface area (Å²) in [6.07, 6.45) is 2.11. The monoisotopic (exact) mass is 352 g/mol. The number of fused-ring (bicyclic) bond motifs is 1. The van der Waals surface area contributed by atoms with Gasteiger partial charge in [-0.15, -0.1) is 0 Å². The summed E-state index contributed by atoms with van der Waals surface area (Å²) in [7, 11) is 0. The molecule has 1 amide bonds. The zero-order chi connectivity index (χ0) is 17.8. The highest BCUT2D eigenvalue weighted by molar-refractivity contribution is 5.94. The van der Waals surface area contributed by atoms with Crippen LogP contribution in [0.3, 0.4) is 0 Å². The Morgan fingerprint density at radius 2 is 2.00 bits per heavy atom. The normalized spacial score (nSPS) is 12.6. The van der Waals surface area contributed by atoms with Crippen LogP contribution < -0.4 is 14.8 Å². The molecule has 0 atom stereocenters. The van der Waals surface area contributed by atoms with Gasteiger partial charge in [-0.1, -0.05) is 11.2 Å². The minimum absolute atomic E-state index is 0.199. The molecule has 2 aromatic heterocycles. The van der Waals surface area contributed by atoms with Crippen molar-refractivity contribution in [1.29, 1.82) is 0 Å². The van der Waals surface area contributed by atoms with E-state index in [2.05, 4.69) is 20.4 Å². The van der Waals surface area contributed by atoms with E-state index >= 15 is 0 Å². The van der Waals surface area contributed by atoms with Gasteiger partial charge in [0.15, 0.2) is 17.3 Å². The van der Waals surface area contributed by atoms with Crippen LogP contribution >= 0.6 is 0 Å². The molecule has 4 rings (SSSR count). The van der Waals surface area contributed by atoms with Crippen molar-refractivity contribution >= 4 is 5.91 Å². The molecule has 0 saturated carbocycles. The molecule has 1 aliphatic rings. The summed E-state index contributed by atoms with van der Waals surface area (Å²) in [5.74, 6) is 1.91. The van der Waals surface area contributed by atoms with Crippen LogP contribution in [0.2, 0.25) is 0 Å². The quantitative estimate of drug-likeness (QED) is 0.748. The maximum Gasteiger partial charge on any atom is 0.276 e. The first-order valence-corrected chi connectivity index (χ1v) is 8.21. The lowest BCUT2D eigenvalue weighted by atomic mass is 10.2. The van der Waals surface area contributed by atoms with Crippen LogP contribution in [0.4, 0.5) is 0 Å². The van der Waals surface area contributed by atoms with Crippen molar-refractivity contribution in [3.8, 4) is 23.1 Å². The van der Waals surface area contributed by atoms with E-state index in [4.69, 9.17) is 14.0 Å². The van der Waals surface area contributed by atoms with Crippen LogP contribution in [0, 0.1) is 0 Å². The van der Waals surface area contributed by atoms with Crippen LogP contribution in [0.1, 0.15) is 16.2 Å². The second-order valence-corrected chi connectivity index (χ2v) is 5.60. The molecular formula is C18H16N4O4. The van der Waals surface area contributed by atoms with Crippen molar-refractivity contribution in [2.45, 2.75) is 6.42 Å². The van der Waals surface area contributed by atoms with Crippen LogP contribution in [0.25, 0.3) is 11.6 Å². The van der Waals surface area contributed by atoms with Crippen molar-refractivity contribution in [3.63, 3.8) is 0 Å². The Kier molecular flexibility index (Phi) is 4.46. The summed E-state index contributed by atoms with van der Waals surface area (Å²) < 4.78 is 16.1. The van der Waals surface area contributed by atoms with Gasteiger partial charge in [0.25, 0.3) is 11.8 Å². The Morgan fingerprint density at radius 1 is 1.12 bits per heavy atom. The van der Waals surface area contributed by atoms with Gasteiger partial charge in [-0.25, -0.2) is 0 Å². The van der Waals surface area contributed by atoms with Crippen molar-refractivity contribution in [2.24, 2.45) is 0 Å². The highest BCUT2D eigenvalue weighted by Gasteiger charge is 2.15. The number of aromatic nitrogens is 3. The fourth-order valence-corrected chi connectivity index (χ4v) is 2.52. The molecule has 0 spiro atoms. The molecule has 0 unspecified atom stereocenters. The van der Waals surface area contributed by atoms with Gasteiger partial charge in [0, 0.05) is 24.7 Å². The Bertz CT molecular complexity index is 911. The predicted molar refractivity (Wildman–Crippen MR) is 91.0 cm³/mol. The number of nitrogens with one attached hydrogen (secondary N) is 1. The molecule has 132 valence electrons. The van der Waals surface area contributed by atoms with Crippen molar-refractivity contribution in [3.05, 3.63) is 54.0 Å². The first-order chi connectivity index (χ1) is 12.8. The van der Waals surface area contributed by atoms with Crippen LogP contribution in [-0.2, 0) is 6.42 Å². The topological polar surface area (TPSA) is 99.4 Å². The third-order valence-electron chi connectivity index (χ3n) is 3.79. The van der Waals surface area contributed by atoms with Crippen molar-refractivity contribution in [2.75, 3.05) is 19.8 Å². The van der Waals surface area contributed by atoms with E-state index in [1.54, 1.807) is 30.5 Å². The third-order valence-corrected chi connectivity index (χ3v) is 3.79. The Morgan fingerprint density at radius 3 is 2.85 bits per heavy atom. The average molecular weight is 352 g/mol. The fraction of sp³-hybridized carbons (Fsp3) is 0.222. The van der Waals surface area contributed by atoms with E-state index in [0.29, 0.717) is 60.7 Å². The van der Waals surface area contributed by atoms with Gasteiger partial charge in [-0.2, -0.15) is 4.98 Å². The Labute approximate surface area is 149 Å². The maximum atomic E-state index is 12.3. The summed E-state index contributed by atoms with van der Waals surface area (Å²) in [4.78, 5) is 20.7. The SMILES string of the molecule is O=C(NCCc1noc(-c2ccccn2)n1)c1ccc2c(c1)OCCO2. The lowest BCUT2D eigenvalue weighted by Crippen LogP contribution is -2.26. The van der Waals surface area contributed by atoms with Crippen molar-refractivity contribution in [1.82, 2.24) is 20.4 Å². The lowest BCUT2D eigenvalue weighted by molar-refractivity contribution is 0.0952. The highest BCUT2D eigenvalue weighted by Crippen LogP contribution is 2.30. The second-order valence-electron chi connectivity index (χ2n) is 5.60. The van der Waals surface area contributed by atoms with Gasteiger partial charge in [0.05, 0.1) is 0 Å². The second kappa shape index (κ2) is 7.22. The molecule has 0 radical (unpaired) electrons. The number of pyridine rings is 1. The van der Waals surface area contributed by atoms with Crippen LogP contribution in [-0.4, -0.2) is 40.8 Å². The summed E-state index contributed by atoms with van der Waals surface area (Å²) in [6.45, 7) is 1.38. The molecule has 1 N–H and O–H groups in total. The number of nitrogens with zero attached hydrogens (tertiary/aromatic N) is 3. The number of ether oxygens (including phenoxy) is 2. The molecular weight excluding hydrogens is 336 g/mol. The minimum Gasteiger partial charge on any atom is -0.486 e. The summed E-state index contributed by atoms with van der Waals surface area (Å²) in [5, 5.41) is 6.74. The van der Waals surface area contributed by atoms with E-state index < -0.39 is 0 Å². The van der Waals surface area contributed by atoms with Gasteiger partial charge in [-0.05, 0) is 30.3 Å². The first kappa shape index (κ1) is 16.1. The molecule has 0 bridgehead atoms. The lowest BCUT2D eigenvalue weighted by Gasteiger charge is -2.18.